The zero-order valence-electron chi connectivity index (χ0n) is 12.3. The van der Waals surface area contributed by atoms with Crippen molar-refractivity contribution < 1.29 is 9.59 Å². The van der Waals surface area contributed by atoms with Crippen LogP contribution in [-0.2, 0) is 9.59 Å². The lowest BCUT2D eigenvalue weighted by molar-refractivity contribution is -0.137. The summed E-state index contributed by atoms with van der Waals surface area (Å²) in [5.74, 6) is 6.45. The topological polar surface area (TPSA) is 63.4 Å². The standard InChI is InChI=1S/C13H26N2O2S/c1-9(2)15(14)12(17)11(4)13(5,6)18-8-7-10(3)16/h9,11H,7-8,14H2,1-6H3. The minimum Gasteiger partial charge on any atom is -0.300 e. The van der Waals surface area contributed by atoms with Crippen molar-refractivity contribution in [3.05, 3.63) is 0 Å². The monoisotopic (exact) mass is 274 g/mol. The number of ketones is 1. The normalized spacial score (nSPS) is 13.6. The van der Waals surface area contributed by atoms with E-state index >= 15 is 0 Å². The maximum atomic E-state index is 12.1. The van der Waals surface area contributed by atoms with Gasteiger partial charge in [-0.3, -0.25) is 14.6 Å². The third-order valence-corrected chi connectivity index (χ3v) is 4.66. The Hall–Kier alpha value is -0.550. The molecule has 0 bridgehead atoms. The molecule has 0 rings (SSSR count). The van der Waals surface area contributed by atoms with Crippen molar-refractivity contribution >= 4 is 23.5 Å². The van der Waals surface area contributed by atoms with E-state index in [1.807, 2.05) is 34.6 Å². The van der Waals surface area contributed by atoms with Gasteiger partial charge >= 0.3 is 0 Å². The Bertz CT molecular complexity index is 303. The molecule has 0 aliphatic heterocycles. The summed E-state index contributed by atoms with van der Waals surface area (Å²) in [5, 5.41) is 1.29. The van der Waals surface area contributed by atoms with Gasteiger partial charge in [-0.2, -0.15) is 11.8 Å². The number of thioether (sulfide) groups is 1. The number of amides is 1. The third-order valence-electron chi connectivity index (χ3n) is 3.15. The van der Waals surface area contributed by atoms with Gasteiger partial charge in [0.15, 0.2) is 0 Å². The number of nitrogens with two attached hydrogens (primary N) is 1. The number of nitrogens with zero attached hydrogens (tertiary/aromatic N) is 1. The van der Waals surface area contributed by atoms with Crippen LogP contribution >= 0.6 is 11.8 Å². The summed E-state index contributed by atoms with van der Waals surface area (Å²) in [4.78, 5) is 23.1. The van der Waals surface area contributed by atoms with E-state index < -0.39 is 0 Å². The molecule has 0 heterocycles. The van der Waals surface area contributed by atoms with Gasteiger partial charge in [0.05, 0.1) is 5.92 Å². The largest absolute Gasteiger partial charge is 0.300 e. The number of carbonyl (C=O) groups excluding carboxylic acids is 2. The van der Waals surface area contributed by atoms with E-state index in [4.69, 9.17) is 5.84 Å². The molecule has 18 heavy (non-hydrogen) atoms. The highest BCUT2D eigenvalue weighted by Gasteiger charge is 2.34. The lowest BCUT2D eigenvalue weighted by Crippen LogP contribution is -2.49. The summed E-state index contributed by atoms with van der Waals surface area (Å²) in [6.07, 6.45) is 0.547. The second kappa shape index (κ2) is 7.14. The maximum Gasteiger partial charge on any atom is 0.240 e. The maximum absolute atomic E-state index is 12.1. The molecule has 0 spiro atoms. The minimum absolute atomic E-state index is 0.00188. The SMILES string of the molecule is CC(=O)CCSC(C)(C)C(C)C(=O)N(N)C(C)C. The smallest absolute Gasteiger partial charge is 0.240 e. The van der Waals surface area contributed by atoms with E-state index in [0.717, 1.165) is 5.75 Å². The van der Waals surface area contributed by atoms with Crippen LogP contribution in [0.2, 0.25) is 0 Å². The highest BCUT2D eigenvalue weighted by Crippen LogP contribution is 2.33. The molecule has 0 saturated heterocycles. The fourth-order valence-corrected chi connectivity index (χ4v) is 2.62. The van der Waals surface area contributed by atoms with Crippen molar-refractivity contribution in [2.24, 2.45) is 11.8 Å². The van der Waals surface area contributed by atoms with Crippen LogP contribution in [0.15, 0.2) is 0 Å². The quantitative estimate of drug-likeness (QED) is 0.439. The first kappa shape index (κ1) is 17.4. The summed E-state index contributed by atoms with van der Waals surface area (Å²) >= 11 is 1.65. The van der Waals surface area contributed by atoms with E-state index in [0.29, 0.717) is 6.42 Å². The Balaban J connectivity index is 4.49. The number of Topliss-reactive ketones (excluding diaryl/α,β-unsaturated/α-hetero) is 1. The molecule has 1 unspecified atom stereocenters. The zero-order chi connectivity index (χ0) is 14.5. The van der Waals surface area contributed by atoms with Gasteiger partial charge in [-0.25, -0.2) is 5.84 Å². The number of hydrogen-bond donors (Lipinski definition) is 1. The summed E-state index contributed by atoms with van der Waals surface area (Å²) in [7, 11) is 0. The molecular weight excluding hydrogens is 248 g/mol. The van der Waals surface area contributed by atoms with Gasteiger partial charge in [0.2, 0.25) is 5.91 Å². The fraction of sp³-hybridized carbons (Fsp3) is 0.846. The van der Waals surface area contributed by atoms with Gasteiger partial charge in [0.25, 0.3) is 0 Å². The average molecular weight is 274 g/mol. The summed E-state index contributed by atoms with van der Waals surface area (Å²) in [6.45, 7) is 11.3. The Kier molecular flexibility index (Phi) is 6.92. The molecule has 0 aliphatic rings. The van der Waals surface area contributed by atoms with Crippen molar-refractivity contribution in [3.63, 3.8) is 0 Å². The third kappa shape index (κ3) is 5.40. The van der Waals surface area contributed by atoms with Crippen molar-refractivity contribution in [3.8, 4) is 0 Å². The molecule has 106 valence electrons. The summed E-state index contributed by atoms with van der Waals surface area (Å²) in [6, 6.07) is -0.00188. The predicted molar refractivity (Wildman–Crippen MR) is 77.2 cm³/mol. The van der Waals surface area contributed by atoms with Crippen molar-refractivity contribution in [1.82, 2.24) is 5.01 Å². The fourth-order valence-electron chi connectivity index (χ4n) is 1.36. The van der Waals surface area contributed by atoms with E-state index in [1.54, 1.807) is 18.7 Å². The molecular formula is C13H26N2O2S. The molecule has 0 radical (unpaired) electrons. The number of carbonyl (C=O) groups is 2. The van der Waals surface area contributed by atoms with E-state index in [9.17, 15) is 9.59 Å². The first-order valence-electron chi connectivity index (χ1n) is 6.30. The van der Waals surface area contributed by atoms with Gasteiger partial charge in [-0.05, 0) is 34.6 Å². The Morgan fingerprint density at radius 3 is 2.17 bits per heavy atom. The summed E-state index contributed by atoms with van der Waals surface area (Å²) in [5.41, 5.74) is 0. The van der Waals surface area contributed by atoms with Crippen LogP contribution in [0, 0.1) is 5.92 Å². The van der Waals surface area contributed by atoms with E-state index in [-0.39, 0.29) is 28.4 Å². The number of rotatable bonds is 7. The van der Waals surface area contributed by atoms with E-state index in [1.165, 1.54) is 5.01 Å². The molecule has 0 aromatic heterocycles. The van der Waals surface area contributed by atoms with Crippen LogP contribution in [-0.4, -0.2) is 33.2 Å². The van der Waals surface area contributed by atoms with Gasteiger partial charge in [0.1, 0.15) is 5.78 Å². The van der Waals surface area contributed by atoms with Gasteiger partial charge in [-0.1, -0.05) is 6.92 Å². The van der Waals surface area contributed by atoms with Gasteiger partial charge in [0, 0.05) is 23.0 Å². The molecule has 0 saturated carbocycles. The second-order valence-electron chi connectivity index (χ2n) is 5.46. The molecule has 4 nitrogen and oxygen atoms in total. The molecule has 1 amide bonds. The average Bonchev–Trinajstić information content (AvgIpc) is 2.24. The molecule has 0 aromatic rings. The van der Waals surface area contributed by atoms with Crippen molar-refractivity contribution in [2.45, 2.75) is 58.8 Å². The molecule has 5 heteroatoms. The molecule has 0 fully saturated rings. The lowest BCUT2D eigenvalue weighted by Gasteiger charge is -2.34. The van der Waals surface area contributed by atoms with Crippen LogP contribution in [0.1, 0.15) is 48.0 Å². The van der Waals surface area contributed by atoms with Crippen molar-refractivity contribution in [2.75, 3.05) is 5.75 Å². The molecule has 0 aromatic carbocycles. The first-order valence-corrected chi connectivity index (χ1v) is 7.29. The Morgan fingerprint density at radius 1 is 1.28 bits per heavy atom. The van der Waals surface area contributed by atoms with Crippen LogP contribution < -0.4 is 5.84 Å². The summed E-state index contributed by atoms with van der Waals surface area (Å²) < 4.78 is -0.223. The van der Waals surface area contributed by atoms with Crippen molar-refractivity contribution in [1.29, 1.82) is 0 Å². The van der Waals surface area contributed by atoms with Crippen LogP contribution in [0.5, 0.6) is 0 Å². The highest BCUT2D eigenvalue weighted by molar-refractivity contribution is 8.00. The van der Waals surface area contributed by atoms with Crippen LogP contribution in [0.25, 0.3) is 0 Å². The number of hydrazine groups is 1. The number of hydrogen-bond acceptors (Lipinski definition) is 4. The Labute approximate surface area is 115 Å². The second-order valence-corrected chi connectivity index (χ2v) is 7.21. The van der Waals surface area contributed by atoms with Crippen LogP contribution in [0.3, 0.4) is 0 Å². The molecule has 2 N–H and O–H groups in total. The van der Waals surface area contributed by atoms with Crippen LogP contribution in [0.4, 0.5) is 0 Å². The van der Waals surface area contributed by atoms with Gasteiger partial charge < -0.3 is 0 Å². The first-order chi connectivity index (χ1) is 8.09. The molecule has 1 atom stereocenters. The van der Waals surface area contributed by atoms with E-state index in [2.05, 4.69) is 0 Å². The zero-order valence-corrected chi connectivity index (χ0v) is 13.1. The predicted octanol–water partition coefficient (Wildman–Crippen LogP) is 2.22. The minimum atomic E-state index is -0.223. The lowest BCUT2D eigenvalue weighted by atomic mass is 9.95. The molecule has 0 aliphatic carbocycles. The Morgan fingerprint density at radius 2 is 1.78 bits per heavy atom. The highest BCUT2D eigenvalue weighted by atomic mass is 32.2. The van der Waals surface area contributed by atoms with Gasteiger partial charge in [-0.15, -0.1) is 0 Å².